The van der Waals surface area contributed by atoms with Gasteiger partial charge in [0.2, 0.25) is 0 Å². The quantitative estimate of drug-likeness (QED) is 0.831. The summed E-state index contributed by atoms with van der Waals surface area (Å²) in [4.78, 5) is 2.23. The smallest absolute Gasteiger partial charge is 0.508 e. The van der Waals surface area contributed by atoms with Gasteiger partial charge in [-0.25, -0.2) is 0 Å². The number of nitrogens with zero attached hydrogens (tertiary/aromatic N) is 1. The summed E-state index contributed by atoms with van der Waals surface area (Å²) in [6, 6.07) is 10.5. The van der Waals surface area contributed by atoms with E-state index in [1.807, 2.05) is 0 Å². The summed E-state index contributed by atoms with van der Waals surface area (Å²) in [6.07, 6.45) is -4.72. The lowest BCUT2D eigenvalue weighted by molar-refractivity contribution is -0.274. The maximum atomic E-state index is 12.4. The molecular formula is C19H21F3N2O3. The number of methoxy groups -OCH3 is 1. The van der Waals surface area contributed by atoms with E-state index >= 15 is 0 Å². The van der Waals surface area contributed by atoms with Gasteiger partial charge in [-0.2, -0.15) is 0 Å². The van der Waals surface area contributed by atoms with Gasteiger partial charge in [0, 0.05) is 37.8 Å². The highest BCUT2D eigenvalue weighted by molar-refractivity contribution is 5.46. The van der Waals surface area contributed by atoms with Crippen LogP contribution in [0.3, 0.4) is 0 Å². The Hall–Kier alpha value is -2.45. The summed E-state index contributed by atoms with van der Waals surface area (Å²) in [6.45, 7) is 3.17. The number of halogens is 3. The molecule has 1 aliphatic rings. The molecule has 2 aromatic carbocycles. The van der Waals surface area contributed by atoms with Gasteiger partial charge in [-0.3, -0.25) is 4.90 Å². The molecule has 0 aliphatic carbocycles. The van der Waals surface area contributed by atoms with Gasteiger partial charge in [-0.05, 0) is 29.8 Å². The Bertz CT molecular complexity index is 760. The fourth-order valence-electron chi connectivity index (χ4n) is 3.30. The molecule has 1 aliphatic heterocycles. The standard InChI is InChI=1S/C19H21F3N2O3/c1-26-17-12-14(25)4-7-16(17)18(24-10-8-23-9-11-24)13-2-5-15(6-3-13)27-19(20,21)22/h2-7,12,18,23,25H,8-11H2,1H3/t18-/m0/s1. The number of hydrogen-bond acceptors (Lipinski definition) is 5. The van der Waals surface area contributed by atoms with Crippen molar-refractivity contribution in [3.05, 3.63) is 53.6 Å². The van der Waals surface area contributed by atoms with Gasteiger partial charge in [0.05, 0.1) is 13.2 Å². The van der Waals surface area contributed by atoms with Crippen LogP contribution in [0, 0.1) is 0 Å². The van der Waals surface area contributed by atoms with E-state index in [9.17, 15) is 18.3 Å². The second-order valence-electron chi connectivity index (χ2n) is 6.23. The van der Waals surface area contributed by atoms with Crippen molar-refractivity contribution in [3.63, 3.8) is 0 Å². The van der Waals surface area contributed by atoms with E-state index in [0.717, 1.165) is 37.3 Å². The first-order valence-corrected chi connectivity index (χ1v) is 8.55. The van der Waals surface area contributed by atoms with Gasteiger partial charge in [-0.1, -0.05) is 12.1 Å². The van der Waals surface area contributed by atoms with Crippen LogP contribution in [-0.4, -0.2) is 49.7 Å². The number of alkyl halides is 3. The monoisotopic (exact) mass is 382 g/mol. The molecule has 0 amide bonds. The van der Waals surface area contributed by atoms with Crippen molar-refractivity contribution in [2.24, 2.45) is 0 Å². The van der Waals surface area contributed by atoms with E-state index in [4.69, 9.17) is 4.74 Å². The number of hydrogen-bond donors (Lipinski definition) is 2. The molecule has 8 heteroatoms. The molecule has 0 saturated carbocycles. The van der Waals surface area contributed by atoms with E-state index in [1.165, 1.54) is 25.3 Å². The van der Waals surface area contributed by atoms with Gasteiger partial charge in [0.25, 0.3) is 0 Å². The normalized spacial score (nSPS) is 16.7. The molecule has 0 aromatic heterocycles. The number of phenolic OH excluding ortho intramolecular Hbond substituents is 1. The molecule has 5 nitrogen and oxygen atoms in total. The van der Waals surface area contributed by atoms with Crippen molar-refractivity contribution < 1.29 is 27.8 Å². The van der Waals surface area contributed by atoms with Crippen molar-refractivity contribution in [1.29, 1.82) is 0 Å². The first kappa shape index (κ1) is 19.3. The maximum Gasteiger partial charge on any atom is 0.573 e. The molecule has 0 unspecified atom stereocenters. The van der Waals surface area contributed by atoms with Crippen molar-refractivity contribution in [2.75, 3.05) is 33.3 Å². The Morgan fingerprint density at radius 1 is 1.07 bits per heavy atom. The number of rotatable bonds is 5. The molecule has 1 atom stereocenters. The third-order valence-corrected chi connectivity index (χ3v) is 4.46. The summed E-state index contributed by atoms with van der Waals surface area (Å²) in [5, 5.41) is 13.0. The number of benzene rings is 2. The summed E-state index contributed by atoms with van der Waals surface area (Å²) in [7, 11) is 1.52. The molecule has 1 saturated heterocycles. The SMILES string of the molecule is COc1cc(O)ccc1[C@H](c1ccc(OC(F)(F)F)cc1)N1CCNCC1. The van der Waals surface area contributed by atoms with E-state index in [0.29, 0.717) is 5.75 Å². The molecule has 2 N–H and O–H groups in total. The van der Waals surface area contributed by atoms with Gasteiger partial charge in [0.15, 0.2) is 0 Å². The number of phenols is 1. The summed E-state index contributed by atoms with van der Waals surface area (Å²) < 4.78 is 46.6. The topological polar surface area (TPSA) is 54.0 Å². The van der Waals surface area contributed by atoms with Crippen molar-refractivity contribution >= 4 is 0 Å². The van der Waals surface area contributed by atoms with Gasteiger partial charge < -0.3 is 19.9 Å². The maximum absolute atomic E-state index is 12.4. The van der Waals surface area contributed by atoms with Crippen LogP contribution in [0.15, 0.2) is 42.5 Å². The lowest BCUT2D eigenvalue weighted by Gasteiger charge is -2.36. The third kappa shape index (κ3) is 4.84. The zero-order valence-corrected chi connectivity index (χ0v) is 14.8. The van der Waals surface area contributed by atoms with Crippen molar-refractivity contribution in [2.45, 2.75) is 12.4 Å². The molecule has 1 fully saturated rings. The van der Waals surface area contributed by atoms with E-state index in [2.05, 4.69) is 15.0 Å². The van der Waals surface area contributed by atoms with Crippen LogP contribution >= 0.6 is 0 Å². The van der Waals surface area contributed by atoms with Crippen molar-refractivity contribution in [1.82, 2.24) is 10.2 Å². The Balaban J connectivity index is 1.98. The highest BCUT2D eigenvalue weighted by Crippen LogP contribution is 2.37. The van der Waals surface area contributed by atoms with Crippen LogP contribution in [0.25, 0.3) is 0 Å². The minimum absolute atomic E-state index is 0.0867. The summed E-state index contributed by atoms with van der Waals surface area (Å²) in [5.74, 6) is 0.348. The highest BCUT2D eigenvalue weighted by atomic mass is 19.4. The molecule has 27 heavy (non-hydrogen) atoms. The van der Waals surface area contributed by atoms with Crippen LogP contribution in [-0.2, 0) is 0 Å². The first-order chi connectivity index (χ1) is 12.9. The summed E-state index contributed by atoms with van der Waals surface area (Å²) >= 11 is 0. The fraction of sp³-hybridized carbons (Fsp3) is 0.368. The molecular weight excluding hydrogens is 361 g/mol. The minimum atomic E-state index is -4.72. The van der Waals surface area contributed by atoms with Crippen molar-refractivity contribution in [3.8, 4) is 17.2 Å². The molecule has 0 spiro atoms. The minimum Gasteiger partial charge on any atom is -0.508 e. The van der Waals surface area contributed by atoms with E-state index in [-0.39, 0.29) is 17.5 Å². The molecule has 146 valence electrons. The zero-order chi connectivity index (χ0) is 19.4. The molecule has 0 bridgehead atoms. The lowest BCUT2D eigenvalue weighted by Crippen LogP contribution is -2.45. The van der Waals surface area contributed by atoms with Crippen LogP contribution < -0.4 is 14.8 Å². The first-order valence-electron chi connectivity index (χ1n) is 8.55. The van der Waals surface area contributed by atoms with Crippen LogP contribution in [0.2, 0.25) is 0 Å². The predicted molar refractivity (Wildman–Crippen MR) is 94.1 cm³/mol. The third-order valence-electron chi connectivity index (χ3n) is 4.46. The highest BCUT2D eigenvalue weighted by Gasteiger charge is 2.31. The van der Waals surface area contributed by atoms with E-state index < -0.39 is 6.36 Å². The second kappa shape index (κ2) is 8.06. The average molecular weight is 382 g/mol. The Labute approximate surface area is 155 Å². The Morgan fingerprint density at radius 2 is 1.74 bits per heavy atom. The van der Waals surface area contributed by atoms with Gasteiger partial charge >= 0.3 is 6.36 Å². The molecule has 1 heterocycles. The van der Waals surface area contributed by atoms with Crippen LogP contribution in [0.1, 0.15) is 17.2 Å². The lowest BCUT2D eigenvalue weighted by atomic mass is 9.95. The fourth-order valence-corrected chi connectivity index (χ4v) is 3.30. The van der Waals surface area contributed by atoms with Crippen LogP contribution in [0.4, 0.5) is 13.2 Å². The Morgan fingerprint density at radius 3 is 2.33 bits per heavy atom. The number of ether oxygens (including phenoxy) is 2. The zero-order valence-electron chi connectivity index (χ0n) is 14.8. The molecule has 2 aromatic rings. The Kier molecular flexibility index (Phi) is 5.76. The predicted octanol–water partition coefficient (Wildman–Crippen LogP) is 3.29. The average Bonchev–Trinajstić information content (AvgIpc) is 2.64. The van der Waals surface area contributed by atoms with Crippen LogP contribution in [0.5, 0.6) is 17.2 Å². The summed E-state index contributed by atoms with van der Waals surface area (Å²) in [5.41, 5.74) is 1.65. The second-order valence-corrected chi connectivity index (χ2v) is 6.23. The molecule has 0 radical (unpaired) electrons. The number of piperazine rings is 1. The van der Waals surface area contributed by atoms with Gasteiger partial charge in [0.1, 0.15) is 17.2 Å². The number of nitrogens with one attached hydrogen (secondary N) is 1. The molecule has 3 rings (SSSR count). The largest absolute Gasteiger partial charge is 0.573 e. The van der Waals surface area contributed by atoms with E-state index in [1.54, 1.807) is 24.3 Å². The number of aromatic hydroxyl groups is 1. The van der Waals surface area contributed by atoms with Gasteiger partial charge in [-0.15, -0.1) is 13.2 Å².